The molecular weight excluding hydrogens is 394 g/mol. The second kappa shape index (κ2) is 8.09. The SMILES string of the molecule is CC(C)(C)OC(=O)N1CCC(c2[nH]nc3c2CN(c2ccccc2)C=C3C(N)=O)CC1. The molecule has 1 aromatic heterocycles. The monoisotopic (exact) mass is 423 g/mol. The van der Waals surface area contributed by atoms with Crippen molar-refractivity contribution in [3.05, 3.63) is 53.5 Å². The van der Waals surface area contributed by atoms with Crippen LogP contribution in [0.2, 0.25) is 0 Å². The van der Waals surface area contributed by atoms with Crippen molar-refractivity contribution in [1.29, 1.82) is 0 Å². The highest BCUT2D eigenvalue weighted by Gasteiger charge is 2.33. The molecule has 1 fully saturated rings. The lowest BCUT2D eigenvalue weighted by molar-refractivity contribution is -0.112. The molecule has 0 radical (unpaired) electrons. The number of aromatic nitrogens is 2. The topological polar surface area (TPSA) is 105 Å². The number of anilines is 1. The van der Waals surface area contributed by atoms with Crippen LogP contribution in [0.5, 0.6) is 0 Å². The Morgan fingerprint density at radius 1 is 1.16 bits per heavy atom. The summed E-state index contributed by atoms with van der Waals surface area (Å²) in [5.41, 5.74) is 9.19. The molecule has 8 nitrogen and oxygen atoms in total. The van der Waals surface area contributed by atoms with Crippen molar-refractivity contribution in [2.75, 3.05) is 18.0 Å². The summed E-state index contributed by atoms with van der Waals surface area (Å²) in [6, 6.07) is 9.88. The number of nitrogens with two attached hydrogens (primary N) is 1. The minimum absolute atomic E-state index is 0.222. The Labute approximate surface area is 182 Å². The summed E-state index contributed by atoms with van der Waals surface area (Å²) in [7, 11) is 0. The van der Waals surface area contributed by atoms with Crippen LogP contribution in [-0.4, -0.2) is 45.8 Å². The Morgan fingerprint density at radius 3 is 2.45 bits per heavy atom. The van der Waals surface area contributed by atoms with Crippen molar-refractivity contribution in [3.8, 4) is 0 Å². The molecule has 164 valence electrons. The molecule has 0 unspecified atom stereocenters. The quantitative estimate of drug-likeness (QED) is 0.788. The van der Waals surface area contributed by atoms with Gasteiger partial charge in [0.15, 0.2) is 0 Å². The summed E-state index contributed by atoms with van der Waals surface area (Å²) in [5, 5.41) is 7.60. The molecule has 0 spiro atoms. The van der Waals surface area contributed by atoms with Crippen molar-refractivity contribution in [1.82, 2.24) is 15.1 Å². The highest BCUT2D eigenvalue weighted by atomic mass is 16.6. The molecule has 31 heavy (non-hydrogen) atoms. The molecule has 3 heterocycles. The van der Waals surface area contributed by atoms with E-state index in [1.165, 1.54) is 0 Å². The van der Waals surface area contributed by atoms with Crippen molar-refractivity contribution < 1.29 is 14.3 Å². The van der Waals surface area contributed by atoms with E-state index < -0.39 is 11.5 Å². The third-order valence-electron chi connectivity index (χ3n) is 5.68. The first-order valence-corrected chi connectivity index (χ1v) is 10.6. The fraction of sp³-hybridized carbons (Fsp3) is 0.435. The van der Waals surface area contributed by atoms with Gasteiger partial charge in [-0.15, -0.1) is 0 Å². The third kappa shape index (κ3) is 4.42. The number of nitrogens with one attached hydrogen (secondary N) is 1. The fourth-order valence-electron chi connectivity index (χ4n) is 4.17. The molecule has 1 aromatic carbocycles. The van der Waals surface area contributed by atoms with Crippen LogP contribution in [0.15, 0.2) is 36.5 Å². The van der Waals surface area contributed by atoms with Crippen LogP contribution in [-0.2, 0) is 16.1 Å². The molecule has 2 aromatic rings. The number of carbonyl (C=O) groups excluding carboxylic acids is 2. The zero-order chi connectivity index (χ0) is 22.2. The van der Waals surface area contributed by atoms with Crippen LogP contribution in [0.1, 0.15) is 56.5 Å². The Hall–Kier alpha value is -3.29. The molecule has 0 aliphatic carbocycles. The zero-order valence-corrected chi connectivity index (χ0v) is 18.2. The van der Waals surface area contributed by atoms with Crippen LogP contribution < -0.4 is 10.6 Å². The highest BCUT2D eigenvalue weighted by Crippen LogP contribution is 2.36. The molecule has 1 saturated heterocycles. The maximum Gasteiger partial charge on any atom is 0.410 e. The minimum atomic E-state index is -0.505. The Kier molecular flexibility index (Phi) is 5.47. The van der Waals surface area contributed by atoms with E-state index in [2.05, 4.69) is 10.2 Å². The largest absolute Gasteiger partial charge is 0.444 e. The van der Waals surface area contributed by atoms with Gasteiger partial charge in [-0.05, 0) is 45.7 Å². The number of hydrogen-bond donors (Lipinski definition) is 2. The van der Waals surface area contributed by atoms with Gasteiger partial charge in [-0.3, -0.25) is 9.89 Å². The number of primary amides is 1. The lowest BCUT2D eigenvalue weighted by Crippen LogP contribution is -2.41. The first-order valence-electron chi connectivity index (χ1n) is 10.6. The van der Waals surface area contributed by atoms with E-state index in [9.17, 15) is 9.59 Å². The average molecular weight is 424 g/mol. The molecule has 2 aliphatic heterocycles. The molecule has 8 heteroatoms. The first-order chi connectivity index (χ1) is 14.7. The van der Waals surface area contributed by atoms with E-state index in [1.54, 1.807) is 11.1 Å². The number of benzene rings is 1. The summed E-state index contributed by atoms with van der Waals surface area (Å²) in [4.78, 5) is 28.3. The van der Waals surface area contributed by atoms with Crippen molar-refractivity contribution in [2.45, 2.75) is 51.7 Å². The number of carbonyl (C=O) groups is 2. The number of likely N-dealkylation sites (tertiary alicyclic amines) is 1. The van der Waals surface area contributed by atoms with Gasteiger partial charge in [0.05, 0.1) is 12.1 Å². The maximum absolute atomic E-state index is 12.4. The third-order valence-corrected chi connectivity index (χ3v) is 5.68. The summed E-state index contributed by atoms with van der Waals surface area (Å²) < 4.78 is 5.50. The Bertz CT molecular complexity index is 998. The summed E-state index contributed by atoms with van der Waals surface area (Å²) >= 11 is 0. The predicted octanol–water partition coefficient (Wildman–Crippen LogP) is 3.37. The number of hydrogen-bond acceptors (Lipinski definition) is 5. The smallest absolute Gasteiger partial charge is 0.410 e. The van der Waals surface area contributed by atoms with Gasteiger partial charge in [-0.25, -0.2) is 4.79 Å². The van der Waals surface area contributed by atoms with Gasteiger partial charge >= 0.3 is 6.09 Å². The second-order valence-corrected chi connectivity index (χ2v) is 9.08. The number of H-pyrrole nitrogens is 1. The highest BCUT2D eigenvalue weighted by molar-refractivity contribution is 6.19. The molecule has 2 aliphatic rings. The number of rotatable bonds is 3. The van der Waals surface area contributed by atoms with E-state index in [-0.39, 0.29) is 12.0 Å². The number of amides is 2. The molecule has 0 atom stereocenters. The van der Waals surface area contributed by atoms with E-state index in [0.29, 0.717) is 30.9 Å². The lowest BCUT2D eigenvalue weighted by atomic mass is 9.89. The van der Waals surface area contributed by atoms with E-state index in [1.807, 2.05) is 56.0 Å². The number of ether oxygens (including phenoxy) is 1. The molecule has 0 saturated carbocycles. The standard InChI is InChI=1S/C23H29N5O3/c1-23(2,3)31-22(30)27-11-9-15(10-12-27)19-17-13-28(16-7-5-4-6-8-16)14-18(21(24)29)20(17)26-25-19/h4-8,14-15H,9-13H2,1-3H3,(H2,24,29)(H,25,26). The number of piperidine rings is 1. The molecule has 0 bridgehead atoms. The van der Waals surface area contributed by atoms with Crippen molar-refractivity contribution in [3.63, 3.8) is 0 Å². The zero-order valence-electron chi connectivity index (χ0n) is 18.2. The van der Waals surface area contributed by atoms with Gasteiger partial charge in [0.2, 0.25) is 0 Å². The maximum atomic E-state index is 12.4. The minimum Gasteiger partial charge on any atom is -0.444 e. The van der Waals surface area contributed by atoms with E-state index in [4.69, 9.17) is 10.5 Å². The Morgan fingerprint density at radius 2 is 1.84 bits per heavy atom. The van der Waals surface area contributed by atoms with Crippen LogP contribution in [0.25, 0.3) is 5.57 Å². The first kappa shape index (κ1) is 21.0. The van der Waals surface area contributed by atoms with Gasteiger partial charge in [0.1, 0.15) is 11.3 Å². The summed E-state index contributed by atoms with van der Waals surface area (Å²) in [5.74, 6) is -0.278. The van der Waals surface area contributed by atoms with Gasteiger partial charge in [0, 0.05) is 42.2 Å². The van der Waals surface area contributed by atoms with E-state index in [0.717, 1.165) is 29.8 Å². The number of nitrogens with zero attached hydrogens (tertiary/aromatic N) is 3. The predicted molar refractivity (Wildman–Crippen MR) is 118 cm³/mol. The van der Waals surface area contributed by atoms with Crippen molar-refractivity contribution in [2.24, 2.45) is 5.73 Å². The summed E-state index contributed by atoms with van der Waals surface area (Å²) in [6.07, 6.45) is 3.10. The normalized spacial score (nSPS) is 17.2. The van der Waals surface area contributed by atoms with Gasteiger partial charge in [-0.1, -0.05) is 18.2 Å². The van der Waals surface area contributed by atoms with Gasteiger partial charge in [-0.2, -0.15) is 5.10 Å². The van der Waals surface area contributed by atoms with Crippen LogP contribution in [0, 0.1) is 0 Å². The van der Waals surface area contributed by atoms with Crippen molar-refractivity contribution >= 4 is 23.3 Å². The Balaban J connectivity index is 1.54. The van der Waals surface area contributed by atoms with Gasteiger partial charge < -0.3 is 20.3 Å². The van der Waals surface area contributed by atoms with Crippen LogP contribution >= 0.6 is 0 Å². The molecular formula is C23H29N5O3. The molecule has 2 amide bonds. The lowest BCUT2D eigenvalue weighted by Gasteiger charge is -2.34. The molecule has 3 N–H and O–H groups in total. The van der Waals surface area contributed by atoms with Crippen LogP contribution in [0.3, 0.4) is 0 Å². The average Bonchev–Trinajstić information content (AvgIpc) is 3.16. The second-order valence-electron chi connectivity index (χ2n) is 9.08. The number of para-hydroxylation sites is 1. The summed E-state index contributed by atoms with van der Waals surface area (Å²) in [6.45, 7) is 7.46. The van der Waals surface area contributed by atoms with Crippen LogP contribution in [0.4, 0.5) is 10.5 Å². The van der Waals surface area contributed by atoms with Gasteiger partial charge in [0.25, 0.3) is 5.91 Å². The number of aromatic amines is 1. The fourth-order valence-corrected chi connectivity index (χ4v) is 4.17. The van der Waals surface area contributed by atoms with E-state index >= 15 is 0 Å². The molecule has 4 rings (SSSR count). The number of fused-ring (bicyclic) bond motifs is 1.